The molecular formula is C22H30O4. The van der Waals surface area contributed by atoms with Crippen LogP contribution in [0, 0.1) is 33.5 Å². The molecule has 0 bridgehead atoms. The fourth-order valence-electron chi connectivity index (χ4n) is 7.29. The summed E-state index contributed by atoms with van der Waals surface area (Å²) >= 11 is 0. The molecule has 0 aromatic carbocycles. The smallest absolute Gasteiger partial charge is 0.264 e. The molecule has 0 aliphatic heterocycles. The normalized spacial score (nSPS) is 49.7. The molecule has 26 heavy (non-hydrogen) atoms. The Kier molecular flexibility index (Phi) is 3.38. The predicted molar refractivity (Wildman–Crippen MR) is 98.4 cm³/mol. The van der Waals surface area contributed by atoms with Gasteiger partial charge in [-0.1, -0.05) is 39.8 Å². The molecule has 0 amide bonds. The van der Waals surface area contributed by atoms with Gasteiger partial charge in [0.25, 0.3) is 5.78 Å². The van der Waals surface area contributed by atoms with E-state index in [1.165, 1.54) is 0 Å². The van der Waals surface area contributed by atoms with E-state index in [4.69, 9.17) is 0 Å². The van der Waals surface area contributed by atoms with Gasteiger partial charge in [-0.15, -0.1) is 0 Å². The van der Waals surface area contributed by atoms with Crippen LogP contribution in [0.25, 0.3) is 0 Å². The number of allylic oxidation sites excluding steroid dienone is 4. The van der Waals surface area contributed by atoms with Crippen LogP contribution in [-0.2, 0) is 9.59 Å². The van der Waals surface area contributed by atoms with Crippen LogP contribution in [-0.4, -0.2) is 27.9 Å². The average Bonchev–Trinajstić information content (AvgIpc) is 2.74. The SMILES string of the molecule is CC1(C)C2CC[C@]3(C)[C@H](C=CC4=C(O)C(=O)C(=O)[C@]43C)[C@@]2(C)CC[C@@H]1O. The first-order chi connectivity index (χ1) is 11.9. The standard InChI is InChI=1S/C22H30O4/c1-19(2)13-8-11-21(4)14(20(13,3)10-9-15(19)23)7-6-12-16(24)17(25)18(26)22(12,21)5/h6-7,13-15,23-24H,8-11H2,1-5H3/t13?,14-,15+,20+,21-,22+/m1/s1. The fourth-order valence-corrected chi connectivity index (χ4v) is 7.29. The number of rotatable bonds is 0. The summed E-state index contributed by atoms with van der Waals surface area (Å²) in [6.07, 6.45) is 7.07. The summed E-state index contributed by atoms with van der Waals surface area (Å²) in [4.78, 5) is 25.2. The lowest BCUT2D eigenvalue weighted by Gasteiger charge is -2.66. The molecule has 142 valence electrons. The number of carbonyl (C=O) groups is 2. The van der Waals surface area contributed by atoms with Crippen LogP contribution in [0.3, 0.4) is 0 Å². The lowest BCUT2D eigenvalue weighted by molar-refractivity contribution is -0.181. The Morgan fingerprint density at radius 1 is 1.04 bits per heavy atom. The minimum atomic E-state index is -0.957. The minimum Gasteiger partial charge on any atom is -0.504 e. The zero-order valence-corrected chi connectivity index (χ0v) is 16.4. The second-order valence-corrected chi connectivity index (χ2v) is 10.3. The quantitative estimate of drug-likeness (QED) is 0.647. The Morgan fingerprint density at radius 2 is 1.69 bits per heavy atom. The van der Waals surface area contributed by atoms with Crippen LogP contribution in [0.5, 0.6) is 0 Å². The number of hydrogen-bond donors (Lipinski definition) is 2. The molecule has 0 aromatic heterocycles. The first-order valence-corrected chi connectivity index (χ1v) is 9.81. The number of fused-ring (bicyclic) bond motifs is 5. The zero-order valence-electron chi connectivity index (χ0n) is 16.4. The van der Waals surface area contributed by atoms with Crippen LogP contribution in [0.1, 0.15) is 60.3 Å². The van der Waals surface area contributed by atoms with Crippen LogP contribution in [0.4, 0.5) is 0 Å². The third-order valence-corrected chi connectivity index (χ3v) is 9.13. The minimum absolute atomic E-state index is 0.0394. The second kappa shape index (κ2) is 4.89. The molecule has 0 saturated heterocycles. The molecule has 0 heterocycles. The van der Waals surface area contributed by atoms with Crippen LogP contribution in [0.15, 0.2) is 23.5 Å². The lowest BCUT2D eigenvalue weighted by atomic mass is 9.37. The van der Waals surface area contributed by atoms with Crippen molar-refractivity contribution in [3.05, 3.63) is 23.5 Å². The Balaban J connectivity index is 1.88. The maximum Gasteiger partial charge on any atom is 0.264 e. The van der Waals surface area contributed by atoms with E-state index in [0.29, 0.717) is 11.5 Å². The highest BCUT2D eigenvalue weighted by molar-refractivity contribution is 6.48. The molecular weight excluding hydrogens is 328 g/mol. The molecule has 2 fully saturated rings. The molecule has 4 aliphatic carbocycles. The molecule has 0 radical (unpaired) electrons. The Morgan fingerprint density at radius 3 is 2.35 bits per heavy atom. The highest BCUT2D eigenvalue weighted by Crippen LogP contribution is 2.71. The van der Waals surface area contributed by atoms with Gasteiger partial charge in [0.2, 0.25) is 5.78 Å². The third-order valence-electron chi connectivity index (χ3n) is 9.13. The topological polar surface area (TPSA) is 74.6 Å². The number of aliphatic hydroxyl groups excluding tert-OH is 2. The maximum absolute atomic E-state index is 13.0. The third kappa shape index (κ3) is 1.70. The molecule has 0 spiro atoms. The molecule has 4 nitrogen and oxygen atoms in total. The summed E-state index contributed by atoms with van der Waals surface area (Å²) in [6.45, 7) is 10.6. The fraction of sp³-hybridized carbons (Fsp3) is 0.727. The van der Waals surface area contributed by atoms with E-state index in [1.54, 1.807) is 0 Å². The monoisotopic (exact) mass is 358 g/mol. The molecule has 6 atom stereocenters. The van der Waals surface area contributed by atoms with Crippen molar-refractivity contribution in [1.29, 1.82) is 0 Å². The van der Waals surface area contributed by atoms with Gasteiger partial charge < -0.3 is 10.2 Å². The van der Waals surface area contributed by atoms with E-state index >= 15 is 0 Å². The van der Waals surface area contributed by atoms with Crippen molar-refractivity contribution >= 4 is 11.6 Å². The summed E-state index contributed by atoms with van der Waals surface area (Å²) in [6, 6.07) is 0. The Bertz CT molecular complexity index is 775. The van der Waals surface area contributed by atoms with E-state index in [-0.39, 0.29) is 28.6 Å². The number of ketones is 2. The zero-order chi connectivity index (χ0) is 19.3. The van der Waals surface area contributed by atoms with Gasteiger partial charge in [-0.2, -0.15) is 0 Å². The summed E-state index contributed by atoms with van der Waals surface area (Å²) in [5, 5.41) is 20.9. The van der Waals surface area contributed by atoms with Gasteiger partial charge in [0, 0.05) is 5.57 Å². The first kappa shape index (κ1) is 18.0. The molecule has 1 unspecified atom stereocenters. The van der Waals surface area contributed by atoms with E-state index in [0.717, 1.165) is 25.7 Å². The van der Waals surface area contributed by atoms with Crippen molar-refractivity contribution in [1.82, 2.24) is 0 Å². The van der Waals surface area contributed by atoms with Gasteiger partial charge >= 0.3 is 0 Å². The average molecular weight is 358 g/mol. The van der Waals surface area contributed by atoms with Gasteiger partial charge in [0.15, 0.2) is 5.76 Å². The van der Waals surface area contributed by atoms with E-state index in [1.807, 2.05) is 13.0 Å². The molecule has 2 N–H and O–H groups in total. The molecule has 4 rings (SSSR count). The first-order valence-electron chi connectivity index (χ1n) is 9.81. The molecule has 2 saturated carbocycles. The maximum atomic E-state index is 13.0. The van der Waals surface area contributed by atoms with Crippen molar-refractivity contribution < 1.29 is 19.8 Å². The van der Waals surface area contributed by atoms with Crippen LogP contribution >= 0.6 is 0 Å². The predicted octanol–water partition coefficient (Wildman–Crippen LogP) is 3.75. The van der Waals surface area contributed by atoms with Gasteiger partial charge in [0.1, 0.15) is 0 Å². The summed E-state index contributed by atoms with van der Waals surface area (Å²) in [5.74, 6) is -1.06. The molecule has 4 aliphatic rings. The number of Topliss-reactive ketones (excluding diaryl/α,β-unsaturated/α-hetero) is 2. The van der Waals surface area contributed by atoms with Crippen molar-refractivity contribution in [2.24, 2.45) is 33.5 Å². The van der Waals surface area contributed by atoms with Crippen molar-refractivity contribution in [2.75, 3.05) is 0 Å². The van der Waals surface area contributed by atoms with Gasteiger partial charge in [-0.3, -0.25) is 9.59 Å². The van der Waals surface area contributed by atoms with E-state index < -0.39 is 22.4 Å². The van der Waals surface area contributed by atoms with Crippen molar-refractivity contribution in [2.45, 2.75) is 66.4 Å². The van der Waals surface area contributed by atoms with Gasteiger partial charge in [-0.25, -0.2) is 0 Å². The Hall–Kier alpha value is -1.42. The van der Waals surface area contributed by atoms with E-state index in [9.17, 15) is 19.8 Å². The second-order valence-electron chi connectivity index (χ2n) is 10.3. The highest BCUT2D eigenvalue weighted by atomic mass is 16.3. The summed E-state index contributed by atoms with van der Waals surface area (Å²) in [5.41, 5.74) is -1.07. The Labute approximate surface area is 155 Å². The molecule has 0 aromatic rings. The van der Waals surface area contributed by atoms with E-state index in [2.05, 4.69) is 33.8 Å². The number of hydrogen-bond acceptors (Lipinski definition) is 4. The number of aliphatic hydroxyl groups is 2. The summed E-state index contributed by atoms with van der Waals surface area (Å²) < 4.78 is 0. The van der Waals surface area contributed by atoms with Crippen molar-refractivity contribution in [3.63, 3.8) is 0 Å². The van der Waals surface area contributed by atoms with Crippen molar-refractivity contribution in [3.8, 4) is 0 Å². The molecule has 4 heteroatoms. The van der Waals surface area contributed by atoms with Crippen LogP contribution < -0.4 is 0 Å². The highest BCUT2D eigenvalue weighted by Gasteiger charge is 2.69. The van der Waals surface area contributed by atoms with Gasteiger partial charge in [0.05, 0.1) is 11.5 Å². The lowest BCUT2D eigenvalue weighted by Crippen LogP contribution is -2.63. The van der Waals surface area contributed by atoms with Crippen LogP contribution in [0.2, 0.25) is 0 Å². The number of carbonyl (C=O) groups excluding carboxylic acids is 2. The summed E-state index contributed by atoms with van der Waals surface area (Å²) in [7, 11) is 0. The largest absolute Gasteiger partial charge is 0.504 e. The van der Waals surface area contributed by atoms with Gasteiger partial charge in [-0.05, 0) is 60.7 Å².